The van der Waals surface area contributed by atoms with Crippen LogP contribution >= 0.6 is 0 Å². The van der Waals surface area contributed by atoms with Gasteiger partial charge in [-0.05, 0) is 37.2 Å². The highest BCUT2D eigenvalue weighted by Gasteiger charge is 2.34. The summed E-state index contributed by atoms with van der Waals surface area (Å²) < 4.78 is 29.0. The smallest absolute Gasteiger partial charge is 0.307 e. The summed E-state index contributed by atoms with van der Waals surface area (Å²) in [6.45, 7) is 11.4. The molecule has 0 unspecified atom stereocenters. The molecule has 2 aromatic heterocycles. The molecule has 32 heavy (non-hydrogen) atoms. The van der Waals surface area contributed by atoms with Crippen molar-refractivity contribution in [3.8, 4) is 11.1 Å². The Morgan fingerprint density at radius 2 is 1.84 bits per heavy atom. The topological polar surface area (TPSA) is 66.3 Å². The summed E-state index contributed by atoms with van der Waals surface area (Å²) in [5.41, 5.74) is 3.55. The normalized spacial score (nSPS) is 16.4. The Hall–Kier alpha value is -2.57. The van der Waals surface area contributed by atoms with Crippen molar-refractivity contribution in [1.82, 2.24) is 9.97 Å². The number of alkyl halides is 2. The molecule has 0 aliphatic carbocycles. The first-order valence-corrected chi connectivity index (χ1v) is 11.2. The first-order chi connectivity index (χ1) is 14.9. The molecule has 0 aromatic carbocycles. The molecule has 0 bridgehead atoms. The average molecular weight is 446 g/mol. The number of piperidine rings is 1. The van der Waals surface area contributed by atoms with E-state index in [0.717, 1.165) is 37.2 Å². The Bertz CT molecular complexity index is 962. The average Bonchev–Trinajstić information content (AvgIpc) is 2.69. The van der Waals surface area contributed by atoms with Gasteiger partial charge in [0.15, 0.2) is 0 Å². The lowest BCUT2D eigenvalue weighted by molar-refractivity contribution is -0.136. The number of aliphatic carboxylic acids is 1. The number of rotatable bonds is 7. The summed E-state index contributed by atoms with van der Waals surface area (Å²) in [6.07, 6.45) is 4.73. The number of anilines is 1. The maximum atomic E-state index is 14.5. The standard InChI is InChI=1S/C25H33F2N3O2/c1-16(2)13-25(26,27)21-7-6-18(14-29-21)20-15-28-17(3)19(12-22(31)32)23(20)30-10-8-24(4,5)9-11-30/h6-7,14-16H,8-13H2,1-5H3,(H,31,32). The Balaban J connectivity index is 2.05. The van der Waals surface area contributed by atoms with Crippen LogP contribution in [0.4, 0.5) is 14.5 Å². The summed E-state index contributed by atoms with van der Waals surface area (Å²) in [5, 5.41) is 9.51. The lowest BCUT2D eigenvalue weighted by atomic mass is 9.82. The third-order valence-corrected chi connectivity index (χ3v) is 6.24. The summed E-state index contributed by atoms with van der Waals surface area (Å²) in [7, 11) is 0. The first-order valence-electron chi connectivity index (χ1n) is 11.2. The minimum atomic E-state index is -2.99. The number of hydrogen-bond donors (Lipinski definition) is 1. The van der Waals surface area contributed by atoms with Gasteiger partial charge in [-0.1, -0.05) is 33.8 Å². The van der Waals surface area contributed by atoms with E-state index < -0.39 is 11.9 Å². The van der Waals surface area contributed by atoms with Crippen LogP contribution in [0.3, 0.4) is 0 Å². The second kappa shape index (κ2) is 9.12. The van der Waals surface area contributed by atoms with Gasteiger partial charge in [-0.25, -0.2) is 0 Å². The predicted molar refractivity (Wildman–Crippen MR) is 122 cm³/mol. The van der Waals surface area contributed by atoms with E-state index in [0.29, 0.717) is 16.8 Å². The number of hydrogen-bond acceptors (Lipinski definition) is 4. The molecule has 1 N–H and O–H groups in total. The Kier molecular flexibility index (Phi) is 6.86. The van der Waals surface area contributed by atoms with Gasteiger partial charge in [0.25, 0.3) is 5.92 Å². The maximum absolute atomic E-state index is 14.5. The van der Waals surface area contributed by atoms with Crippen LogP contribution in [0.1, 0.15) is 63.9 Å². The number of carboxylic acid groups (broad SMARTS) is 1. The number of carboxylic acids is 1. The molecule has 3 heterocycles. The molecule has 3 rings (SSSR count). The van der Waals surface area contributed by atoms with Crippen molar-refractivity contribution in [2.75, 3.05) is 18.0 Å². The van der Waals surface area contributed by atoms with E-state index in [1.807, 2.05) is 6.92 Å². The van der Waals surface area contributed by atoms with E-state index in [1.165, 1.54) is 12.3 Å². The molecule has 0 atom stereocenters. The monoisotopic (exact) mass is 445 g/mol. The molecule has 0 spiro atoms. The van der Waals surface area contributed by atoms with Crippen LogP contribution in [-0.2, 0) is 17.1 Å². The van der Waals surface area contributed by atoms with Crippen LogP contribution in [0.5, 0.6) is 0 Å². The fraction of sp³-hybridized carbons (Fsp3) is 0.560. The van der Waals surface area contributed by atoms with E-state index in [9.17, 15) is 18.7 Å². The lowest BCUT2D eigenvalue weighted by Crippen LogP contribution is -2.38. The minimum Gasteiger partial charge on any atom is -0.481 e. The zero-order valence-electron chi connectivity index (χ0n) is 19.6. The van der Waals surface area contributed by atoms with E-state index in [2.05, 4.69) is 28.7 Å². The summed E-state index contributed by atoms with van der Waals surface area (Å²) in [5.74, 6) is -4.07. The molecule has 0 amide bonds. The molecule has 5 nitrogen and oxygen atoms in total. The van der Waals surface area contributed by atoms with E-state index >= 15 is 0 Å². The SMILES string of the molecule is Cc1ncc(-c2ccc(C(F)(F)CC(C)C)nc2)c(N2CCC(C)(C)CC2)c1CC(=O)O. The van der Waals surface area contributed by atoms with Crippen molar-refractivity contribution in [2.24, 2.45) is 11.3 Å². The van der Waals surface area contributed by atoms with Gasteiger partial charge < -0.3 is 10.0 Å². The molecule has 1 fully saturated rings. The van der Waals surface area contributed by atoms with Crippen LogP contribution in [0.2, 0.25) is 0 Å². The van der Waals surface area contributed by atoms with Gasteiger partial charge in [-0.15, -0.1) is 0 Å². The highest BCUT2D eigenvalue weighted by atomic mass is 19.3. The Morgan fingerprint density at radius 3 is 2.38 bits per heavy atom. The van der Waals surface area contributed by atoms with Gasteiger partial charge in [-0.3, -0.25) is 14.8 Å². The second-order valence-electron chi connectivity index (χ2n) is 10.0. The zero-order chi connectivity index (χ0) is 23.7. The maximum Gasteiger partial charge on any atom is 0.307 e. The summed E-state index contributed by atoms with van der Waals surface area (Å²) in [4.78, 5) is 22.4. The number of carbonyl (C=O) groups is 1. The number of halogens is 2. The molecular weight excluding hydrogens is 412 g/mol. The van der Waals surface area contributed by atoms with E-state index in [-0.39, 0.29) is 29.9 Å². The number of nitrogens with zero attached hydrogens (tertiary/aromatic N) is 3. The molecule has 0 saturated carbocycles. The number of aromatic nitrogens is 2. The molecule has 174 valence electrons. The van der Waals surface area contributed by atoms with Crippen LogP contribution < -0.4 is 4.90 Å². The van der Waals surface area contributed by atoms with Crippen molar-refractivity contribution >= 4 is 11.7 Å². The van der Waals surface area contributed by atoms with Gasteiger partial charge >= 0.3 is 5.97 Å². The molecule has 1 saturated heterocycles. The zero-order valence-corrected chi connectivity index (χ0v) is 19.6. The van der Waals surface area contributed by atoms with Crippen molar-refractivity contribution in [1.29, 1.82) is 0 Å². The van der Waals surface area contributed by atoms with E-state index in [1.54, 1.807) is 26.1 Å². The minimum absolute atomic E-state index is 0.139. The third-order valence-electron chi connectivity index (χ3n) is 6.24. The van der Waals surface area contributed by atoms with Gasteiger partial charge in [0.05, 0.1) is 12.1 Å². The highest BCUT2D eigenvalue weighted by molar-refractivity contribution is 5.84. The third kappa shape index (κ3) is 5.43. The molecule has 0 radical (unpaired) electrons. The summed E-state index contributed by atoms with van der Waals surface area (Å²) in [6, 6.07) is 3.02. The quantitative estimate of drug-likeness (QED) is 0.580. The Morgan fingerprint density at radius 1 is 1.19 bits per heavy atom. The summed E-state index contributed by atoms with van der Waals surface area (Å²) >= 11 is 0. The van der Waals surface area contributed by atoms with Gasteiger partial charge in [0.2, 0.25) is 0 Å². The molecular formula is C25H33F2N3O2. The molecule has 1 aliphatic rings. The van der Waals surface area contributed by atoms with Crippen LogP contribution in [0.25, 0.3) is 11.1 Å². The van der Waals surface area contributed by atoms with Crippen molar-refractivity contribution < 1.29 is 18.7 Å². The molecule has 2 aromatic rings. The van der Waals surface area contributed by atoms with Crippen LogP contribution in [0, 0.1) is 18.3 Å². The first kappa shape index (κ1) is 24.1. The van der Waals surface area contributed by atoms with Crippen molar-refractivity contribution in [3.63, 3.8) is 0 Å². The predicted octanol–water partition coefficient (Wildman–Crippen LogP) is 5.84. The van der Waals surface area contributed by atoms with Gasteiger partial charge in [-0.2, -0.15) is 8.78 Å². The molecule has 7 heteroatoms. The van der Waals surface area contributed by atoms with Crippen LogP contribution in [-0.4, -0.2) is 34.1 Å². The Labute approximate surface area is 188 Å². The fourth-order valence-electron chi connectivity index (χ4n) is 4.29. The van der Waals surface area contributed by atoms with Crippen LogP contribution in [0.15, 0.2) is 24.5 Å². The van der Waals surface area contributed by atoms with E-state index in [4.69, 9.17) is 0 Å². The highest BCUT2D eigenvalue weighted by Crippen LogP contribution is 2.40. The second-order valence-corrected chi connectivity index (χ2v) is 10.0. The number of aryl methyl sites for hydroxylation is 1. The fourth-order valence-corrected chi connectivity index (χ4v) is 4.29. The lowest BCUT2D eigenvalue weighted by Gasteiger charge is -2.40. The number of pyridine rings is 2. The largest absolute Gasteiger partial charge is 0.481 e. The van der Waals surface area contributed by atoms with Gasteiger partial charge in [0, 0.05) is 54.3 Å². The van der Waals surface area contributed by atoms with Crippen molar-refractivity contribution in [2.45, 2.75) is 66.2 Å². The van der Waals surface area contributed by atoms with Gasteiger partial charge in [0.1, 0.15) is 5.69 Å². The molecule has 1 aliphatic heterocycles. The van der Waals surface area contributed by atoms with Crippen molar-refractivity contribution in [3.05, 3.63) is 41.5 Å².